The van der Waals surface area contributed by atoms with Crippen molar-refractivity contribution in [2.45, 2.75) is 12.6 Å². The number of methoxy groups -OCH3 is 2. The van der Waals surface area contributed by atoms with Crippen LogP contribution in [0.3, 0.4) is 0 Å². The molecule has 2 heterocycles. The summed E-state index contributed by atoms with van der Waals surface area (Å²) in [6, 6.07) is 15.6. The highest BCUT2D eigenvalue weighted by molar-refractivity contribution is 6.46. The van der Waals surface area contributed by atoms with Gasteiger partial charge < -0.3 is 19.5 Å². The molecule has 1 fully saturated rings. The molecular formula is C26H22N2O6. The zero-order chi connectivity index (χ0) is 24.2. The van der Waals surface area contributed by atoms with Crippen molar-refractivity contribution in [3.8, 4) is 5.75 Å². The van der Waals surface area contributed by atoms with Gasteiger partial charge in [-0.25, -0.2) is 4.79 Å². The van der Waals surface area contributed by atoms with Crippen LogP contribution in [-0.2, 0) is 20.9 Å². The molecule has 1 aliphatic rings. The third-order valence-corrected chi connectivity index (χ3v) is 5.61. The number of hydrogen-bond acceptors (Lipinski definition) is 7. The number of carbonyl (C=O) groups is 3. The Balaban J connectivity index is 1.85. The molecule has 0 radical (unpaired) electrons. The minimum atomic E-state index is -0.877. The monoisotopic (exact) mass is 458 g/mol. The topological polar surface area (TPSA) is 106 Å². The number of carbonyl (C=O) groups excluding carboxylic acids is 3. The van der Waals surface area contributed by atoms with Crippen molar-refractivity contribution in [3.63, 3.8) is 0 Å². The zero-order valence-corrected chi connectivity index (χ0v) is 18.6. The predicted molar refractivity (Wildman–Crippen MR) is 123 cm³/mol. The van der Waals surface area contributed by atoms with Crippen molar-refractivity contribution in [2.24, 2.45) is 0 Å². The van der Waals surface area contributed by atoms with Crippen LogP contribution in [0.25, 0.3) is 5.76 Å². The number of rotatable bonds is 6. The molecule has 0 aliphatic carbocycles. The van der Waals surface area contributed by atoms with Crippen LogP contribution >= 0.6 is 0 Å². The first-order valence-electron chi connectivity index (χ1n) is 10.4. The maximum Gasteiger partial charge on any atom is 0.337 e. The molecule has 172 valence electrons. The van der Waals surface area contributed by atoms with E-state index in [-0.39, 0.29) is 17.9 Å². The molecule has 2 aromatic carbocycles. The van der Waals surface area contributed by atoms with E-state index in [9.17, 15) is 19.5 Å². The van der Waals surface area contributed by atoms with Gasteiger partial charge in [-0.1, -0.05) is 30.3 Å². The zero-order valence-electron chi connectivity index (χ0n) is 18.6. The summed E-state index contributed by atoms with van der Waals surface area (Å²) in [6.07, 6.45) is 3.22. The average molecular weight is 458 g/mol. The van der Waals surface area contributed by atoms with Gasteiger partial charge in [0.1, 0.15) is 11.5 Å². The quantitative estimate of drug-likeness (QED) is 0.261. The Hall–Kier alpha value is -4.46. The lowest BCUT2D eigenvalue weighted by Crippen LogP contribution is -2.29. The first kappa shape index (κ1) is 22.7. The molecule has 8 heteroatoms. The van der Waals surface area contributed by atoms with Crippen molar-refractivity contribution in [1.29, 1.82) is 0 Å². The van der Waals surface area contributed by atoms with Crippen LogP contribution in [0.5, 0.6) is 5.75 Å². The van der Waals surface area contributed by atoms with Crippen molar-refractivity contribution >= 4 is 23.4 Å². The number of aliphatic hydroxyl groups is 1. The van der Waals surface area contributed by atoms with Gasteiger partial charge in [-0.3, -0.25) is 14.6 Å². The van der Waals surface area contributed by atoms with E-state index in [1.807, 2.05) is 0 Å². The Labute approximate surface area is 196 Å². The molecule has 0 saturated carbocycles. The van der Waals surface area contributed by atoms with Crippen molar-refractivity contribution in [2.75, 3.05) is 14.2 Å². The van der Waals surface area contributed by atoms with Crippen molar-refractivity contribution < 1.29 is 29.0 Å². The van der Waals surface area contributed by atoms with Gasteiger partial charge in [0.15, 0.2) is 0 Å². The summed E-state index contributed by atoms with van der Waals surface area (Å²) in [5.74, 6) is -1.87. The fraction of sp³-hybridized carbons (Fsp3) is 0.154. The van der Waals surface area contributed by atoms with Gasteiger partial charge in [0, 0.05) is 24.5 Å². The Kier molecular flexibility index (Phi) is 6.40. The van der Waals surface area contributed by atoms with E-state index in [0.29, 0.717) is 22.4 Å². The molecule has 3 aromatic rings. The third kappa shape index (κ3) is 4.25. The number of ether oxygens (including phenoxy) is 2. The largest absolute Gasteiger partial charge is 0.507 e. The number of ketones is 1. The number of Topliss-reactive ketones (excluding diaryl/α,β-unsaturated/α-hetero) is 1. The van der Waals surface area contributed by atoms with Gasteiger partial charge in [0.2, 0.25) is 0 Å². The third-order valence-electron chi connectivity index (χ3n) is 5.61. The van der Waals surface area contributed by atoms with Gasteiger partial charge in [-0.2, -0.15) is 0 Å². The summed E-state index contributed by atoms with van der Waals surface area (Å²) in [5.41, 5.74) is 1.90. The summed E-state index contributed by atoms with van der Waals surface area (Å²) in [4.78, 5) is 43.6. The maximum atomic E-state index is 13.2. The molecule has 1 aliphatic heterocycles. The normalized spacial score (nSPS) is 17.0. The van der Waals surface area contributed by atoms with Crippen molar-refractivity contribution in [3.05, 3.63) is 101 Å². The first-order valence-corrected chi connectivity index (χ1v) is 10.4. The highest BCUT2D eigenvalue weighted by atomic mass is 16.5. The van der Waals surface area contributed by atoms with Crippen LogP contribution in [-0.4, -0.2) is 46.9 Å². The second kappa shape index (κ2) is 9.58. The average Bonchev–Trinajstić information content (AvgIpc) is 3.13. The SMILES string of the molecule is COC(=O)c1ccc([C@@H]2C(=C(O)c3cccc(OC)c3)C(=O)C(=O)N2Cc2cccnc2)cc1. The number of pyridine rings is 1. The van der Waals surface area contributed by atoms with E-state index in [2.05, 4.69) is 4.98 Å². The molecular weight excluding hydrogens is 436 g/mol. The molecule has 1 N–H and O–H groups in total. The Bertz CT molecular complexity index is 1270. The number of aromatic nitrogens is 1. The van der Waals surface area contributed by atoms with E-state index in [0.717, 1.165) is 5.56 Å². The number of nitrogens with zero attached hydrogens (tertiary/aromatic N) is 2. The number of hydrogen-bond donors (Lipinski definition) is 1. The van der Waals surface area contributed by atoms with Crippen LogP contribution in [0.15, 0.2) is 78.6 Å². The fourth-order valence-electron chi connectivity index (χ4n) is 3.92. The molecule has 0 bridgehead atoms. The lowest BCUT2D eigenvalue weighted by Gasteiger charge is -2.25. The summed E-state index contributed by atoms with van der Waals surface area (Å²) >= 11 is 0. The van der Waals surface area contributed by atoms with E-state index in [4.69, 9.17) is 9.47 Å². The maximum absolute atomic E-state index is 13.2. The van der Waals surface area contributed by atoms with Crippen molar-refractivity contribution in [1.82, 2.24) is 9.88 Å². The minimum absolute atomic E-state index is 0.0482. The summed E-state index contributed by atoms with van der Waals surface area (Å²) in [6.45, 7) is 0.108. The number of aliphatic hydroxyl groups excluding tert-OH is 1. The molecule has 1 saturated heterocycles. The summed E-state index contributed by atoms with van der Waals surface area (Å²) < 4.78 is 9.98. The van der Waals surface area contributed by atoms with E-state index >= 15 is 0 Å². The molecule has 4 rings (SSSR count). The lowest BCUT2D eigenvalue weighted by molar-refractivity contribution is -0.140. The van der Waals surface area contributed by atoms with Crippen LogP contribution < -0.4 is 4.74 Å². The molecule has 1 aromatic heterocycles. The number of likely N-dealkylation sites (tertiary alicyclic amines) is 1. The first-order chi connectivity index (χ1) is 16.4. The highest BCUT2D eigenvalue weighted by Crippen LogP contribution is 2.40. The second-order valence-electron chi connectivity index (χ2n) is 7.63. The highest BCUT2D eigenvalue weighted by Gasteiger charge is 2.46. The molecule has 34 heavy (non-hydrogen) atoms. The molecule has 0 unspecified atom stereocenters. The van der Waals surface area contributed by atoms with Gasteiger partial charge in [-0.05, 0) is 41.5 Å². The van der Waals surface area contributed by atoms with Gasteiger partial charge in [0.25, 0.3) is 11.7 Å². The van der Waals surface area contributed by atoms with Gasteiger partial charge in [-0.15, -0.1) is 0 Å². The van der Waals surface area contributed by atoms with Crippen LogP contribution in [0, 0.1) is 0 Å². The Morgan fingerprint density at radius 1 is 1.03 bits per heavy atom. The van der Waals surface area contributed by atoms with Gasteiger partial charge >= 0.3 is 5.97 Å². The molecule has 8 nitrogen and oxygen atoms in total. The predicted octanol–water partition coefficient (Wildman–Crippen LogP) is 3.50. The standard InChI is InChI=1S/C26H22N2O6/c1-33-20-7-3-6-19(13-20)23(29)21-22(17-8-10-18(11-9-17)26(32)34-2)28(25(31)24(21)30)15-16-5-4-12-27-14-16/h3-14,22,29H,15H2,1-2H3/t22-/m1/s1. The van der Waals surface area contributed by atoms with Crippen LogP contribution in [0.2, 0.25) is 0 Å². The molecule has 1 amide bonds. The Morgan fingerprint density at radius 3 is 2.44 bits per heavy atom. The number of benzene rings is 2. The van der Waals surface area contributed by atoms with Crippen LogP contribution in [0.1, 0.15) is 33.1 Å². The molecule has 1 atom stereocenters. The number of amides is 1. The second-order valence-corrected chi connectivity index (χ2v) is 7.63. The van der Waals surface area contributed by atoms with Crippen LogP contribution in [0.4, 0.5) is 0 Å². The summed E-state index contributed by atoms with van der Waals surface area (Å²) in [5, 5.41) is 11.2. The smallest absolute Gasteiger partial charge is 0.337 e. The van der Waals surface area contributed by atoms with Gasteiger partial charge in [0.05, 0.1) is 31.4 Å². The van der Waals surface area contributed by atoms with E-state index in [1.54, 1.807) is 73.1 Å². The van der Waals surface area contributed by atoms with E-state index < -0.39 is 23.7 Å². The summed E-state index contributed by atoms with van der Waals surface area (Å²) in [7, 11) is 2.78. The Morgan fingerprint density at radius 2 is 1.79 bits per heavy atom. The minimum Gasteiger partial charge on any atom is -0.507 e. The number of esters is 1. The lowest BCUT2D eigenvalue weighted by atomic mass is 9.94. The molecule has 0 spiro atoms. The fourth-order valence-corrected chi connectivity index (χ4v) is 3.92. The van der Waals surface area contributed by atoms with E-state index in [1.165, 1.54) is 19.1 Å².